The molecule has 0 heterocycles. The summed E-state index contributed by atoms with van der Waals surface area (Å²) in [5, 5.41) is 14.6. The fourth-order valence-corrected chi connectivity index (χ4v) is 4.03. The summed E-state index contributed by atoms with van der Waals surface area (Å²) in [6, 6.07) is 15.0. The van der Waals surface area contributed by atoms with Gasteiger partial charge in [-0.3, -0.25) is 4.79 Å². The van der Waals surface area contributed by atoms with E-state index in [2.05, 4.69) is 22.8 Å². The van der Waals surface area contributed by atoms with Crippen LogP contribution in [0.25, 0.3) is 11.1 Å². The molecule has 0 saturated carbocycles. The van der Waals surface area contributed by atoms with Gasteiger partial charge in [-0.1, -0.05) is 55.5 Å². The summed E-state index contributed by atoms with van der Waals surface area (Å²) in [5.41, 5.74) is 3.12. The quantitative estimate of drug-likeness (QED) is 0.539. The van der Waals surface area contributed by atoms with Crippen molar-refractivity contribution in [1.82, 2.24) is 15.5 Å². The molecule has 1 aliphatic rings. The molecule has 0 aliphatic heterocycles. The van der Waals surface area contributed by atoms with Crippen molar-refractivity contribution in [3.8, 4) is 11.1 Å². The Morgan fingerprint density at radius 1 is 1.06 bits per heavy atom. The number of alkyl carbamates (subject to hydrolysis) is 1. The van der Waals surface area contributed by atoms with E-state index in [-0.39, 0.29) is 25.5 Å². The molecule has 176 valence electrons. The molecule has 0 aromatic heterocycles. The zero-order valence-electron chi connectivity index (χ0n) is 19.4. The lowest BCUT2D eigenvalue weighted by molar-refractivity contribution is -0.143. The van der Waals surface area contributed by atoms with E-state index in [4.69, 9.17) is 4.74 Å². The molecule has 1 aliphatic carbocycles. The summed E-state index contributed by atoms with van der Waals surface area (Å²) in [7, 11) is 3.44. The van der Waals surface area contributed by atoms with Crippen molar-refractivity contribution in [1.29, 1.82) is 0 Å². The van der Waals surface area contributed by atoms with E-state index in [1.54, 1.807) is 32.8 Å². The van der Waals surface area contributed by atoms with Gasteiger partial charge in [0.15, 0.2) is 0 Å². The lowest BCUT2D eigenvalue weighted by Crippen LogP contribution is -2.60. The van der Waals surface area contributed by atoms with Gasteiger partial charge in [-0.25, -0.2) is 9.59 Å². The van der Waals surface area contributed by atoms with Crippen LogP contribution in [0.5, 0.6) is 0 Å². The van der Waals surface area contributed by atoms with Gasteiger partial charge in [-0.05, 0) is 49.7 Å². The third-order valence-electron chi connectivity index (χ3n) is 6.08. The summed E-state index contributed by atoms with van der Waals surface area (Å²) in [6.45, 7) is 3.55. The Kier molecular flexibility index (Phi) is 7.38. The minimum atomic E-state index is -1.32. The molecule has 1 unspecified atom stereocenters. The molecular formula is C25H31N3O5. The molecular weight excluding hydrogens is 422 g/mol. The van der Waals surface area contributed by atoms with Gasteiger partial charge in [0, 0.05) is 12.5 Å². The predicted molar refractivity (Wildman–Crippen MR) is 125 cm³/mol. The number of carbonyl (C=O) groups excluding carboxylic acids is 2. The molecule has 33 heavy (non-hydrogen) atoms. The fourth-order valence-electron chi connectivity index (χ4n) is 4.03. The van der Waals surface area contributed by atoms with E-state index >= 15 is 0 Å². The number of fused-ring (bicyclic) bond motifs is 3. The topological polar surface area (TPSA) is 108 Å². The van der Waals surface area contributed by atoms with Crippen LogP contribution in [0.4, 0.5) is 4.79 Å². The minimum Gasteiger partial charge on any atom is -0.480 e. The average Bonchev–Trinajstić information content (AvgIpc) is 3.10. The molecule has 8 nitrogen and oxygen atoms in total. The highest BCUT2D eigenvalue weighted by Crippen LogP contribution is 2.44. The molecule has 2 aromatic carbocycles. The SMILES string of the molecule is CCC(C)(NC(=O)OCC1c2ccccc2-c2ccccc21)C(=O)N[C@@H](CN(C)C)C(=O)O. The molecule has 0 bridgehead atoms. The van der Waals surface area contributed by atoms with Crippen LogP contribution in [0, 0.1) is 0 Å². The number of hydrogen-bond donors (Lipinski definition) is 3. The number of carbonyl (C=O) groups is 3. The first-order valence-electron chi connectivity index (χ1n) is 11.0. The summed E-state index contributed by atoms with van der Waals surface area (Å²) < 4.78 is 5.55. The average molecular weight is 454 g/mol. The highest BCUT2D eigenvalue weighted by molar-refractivity contribution is 5.92. The maximum Gasteiger partial charge on any atom is 0.408 e. The number of nitrogens with zero attached hydrogens (tertiary/aromatic N) is 1. The Morgan fingerprint density at radius 2 is 1.61 bits per heavy atom. The minimum absolute atomic E-state index is 0.0960. The third kappa shape index (κ3) is 5.34. The van der Waals surface area contributed by atoms with Crippen LogP contribution >= 0.6 is 0 Å². The van der Waals surface area contributed by atoms with Crippen LogP contribution in [-0.4, -0.2) is 66.8 Å². The van der Waals surface area contributed by atoms with Gasteiger partial charge in [0.25, 0.3) is 0 Å². The standard InChI is InChI=1S/C25H31N3O5/c1-5-25(2,23(31)26-21(22(29)30)14-28(3)4)27-24(32)33-15-20-18-12-8-6-10-16(18)17-11-7-9-13-19(17)20/h6-13,20-21H,5,14-15H2,1-4H3,(H,26,31)(H,27,32)(H,29,30)/t21-,25?/m0/s1. The highest BCUT2D eigenvalue weighted by atomic mass is 16.5. The second kappa shape index (κ2) is 10.0. The number of aliphatic carboxylic acids is 1. The van der Waals surface area contributed by atoms with Crippen molar-refractivity contribution >= 4 is 18.0 Å². The fraction of sp³-hybridized carbons (Fsp3) is 0.400. The van der Waals surface area contributed by atoms with E-state index in [1.165, 1.54) is 0 Å². The van der Waals surface area contributed by atoms with Gasteiger partial charge in [-0.15, -0.1) is 0 Å². The van der Waals surface area contributed by atoms with E-state index in [0.29, 0.717) is 0 Å². The maximum atomic E-state index is 12.9. The van der Waals surface area contributed by atoms with Crippen LogP contribution in [0.15, 0.2) is 48.5 Å². The smallest absolute Gasteiger partial charge is 0.408 e. The molecule has 3 N–H and O–H groups in total. The van der Waals surface area contributed by atoms with Crippen LogP contribution < -0.4 is 10.6 Å². The van der Waals surface area contributed by atoms with Gasteiger partial charge in [-0.2, -0.15) is 0 Å². The Morgan fingerprint density at radius 3 is 2.09 bits per heavy atom. The van der Waals surface area contributed by atoms with Crippen molar-refractivity contribution in [2.24, 2.45) is 0 Å². The Bertz CT molecular complexity index is 993. The van der Waals surface area contributed by atoms with E-state index in [1.807, 2.05) is 36.4 Å². The van der Waals surface area contributed by atoms with Gasteiger partial charge < -0.3 is 25.4 Å². The number of benzene rings is 2. The third-order valence-corrected chi connectivity index (χ3v) is 6.08. The first kappa shape index (κ1) is 24.3. The van der Waals surface area contributed by atoms with Gasteiger partial charge in [0.1, 0.15) is 18.2 Å². The van der Waals surface area contributed by atoms with E-state index in [9.17, 15) is 19.5 Å². The monoisotopic (exact) mass is 453 g/mol. The number of nitrogens with one attached hydrogen (secondary N) is 2. The maximum absolute atomic E-state index is 12.9. The van der Waals surface area contributed by atoms with Crippen molar-refractivity contribution < 1.29 is 24.2 Å². The van der Waals surface area contributed by atoms with Crippen molar-refractivity contribution in [3.05, 3.63) is 59.7 Å². The van der Waals surface area contributed by atoms with E-state index in [0.717, 1.165) is 22.3 Å². The molecule has 0 fully saturated rings. The number of carboxylic acid groups (broad SMARTS) is 1. The Hall–Kier alpha value is -3.39. The van der Waals surface area contributed by atoms with Gasteiger partial charge in [0.05, 0.1) is 0 Å². The number of ether oxygens (including phenoxy) is 1. The van der Waals surface area contributed by atoms with Crippen LogP contribution in [0.3, 0.4) is 0 Å². The summed E-state index contributed by atoms with van der Waals surface area (Å²) in [6.07, 6.45) is -0.465. The second-order valence-electron chi connectivity index (χ2n) is 8.76. The van der Waals surface area contributed by atoms with Crippen LogP contribution in [0.2, 0.25) is 0 Å². The largest absolute Gasteiger partial charge is 0.480 e. The first-order valence-corrected chi connectivity index (χ1v) is 11.0. The molecule has 2 aromatic rings. The summed E-state index contributed by atoms with van der Waals surface area (Å²) in [5.74, 6) is -1.81. The van der Waals surface area contributed by atoms with Gasteiger partial charge in [0.2, 0.25) is 5.91 Å². The number of hydrogen-bond acceptors (Lipinski definition) is 5. The highest BCUT2D eigenvalue weighted by Gasteiger charge is 2.37. The molecule has 0 saturated heterocycles. The van der Waals surface area contributed by atoms with E-state index < -0.39 is 29.6 Å². The van der Waals surface area contributed by atoms with Crippen LogP contribution in [-0.2, 0) is 14.3 Å². The number of likely N-dealkylation sites (N-methyl/N-ethyl adjacent to an activating group) is 1. The molecule has 2 atom stereocenters. The Balaban J connectivity index is 1.67. The van der Waals surface area contributed by atoms with Crippen molar-refractivity contribution in [2.45, 2.75) is 37.8 Å². The molecule has 3 rings (SSSR count). The lowest BCUT2D eigenvalue weighted by Gasteiger charge is -2.30. The summed E-state index contributed by atoms with van der Waals surface area (Å²) >= 11 is 0. The molecule has 0 radical (unpaired) electrons. The summed E-state index contributed by atoms with van der Waals surface area (Å²) in [4.78, 5) is 38.7. The van der Waals surface area contributed by atoms with Crippen LogP contribution in [0.1, 0.15) is 37.3 Å². The molecule has 8 heteroatoms. The zero-order valence-corrected chi connectivity index (χ0v) is 19.4. The van der Waals surface area contributed by atoms with Gasteiger partial charge >= 0.3 is 12.1 Å². The lowest BCUT2D eigenvalue weighted by atomic mass is 9.97. The van der Waals surface area contributed by atoms with Crippen molar-refractivity contribution in [3.63, 3.8) is 0 Å². The normalized spacial score (nSPS) is 15.2. The zero-order chi connectivity index (χ0) is 24.2. The predicted octanol–water partition coefficient (Wildman–Crippen LogP) is 2.82. The number of carboxylic acids is 1. The second-order valence-corrected chi connectivity index (χ2v) is 8.76. The van der Waals surface area contributed by atoms with Crippen molar-refractivity contribution in [2.75, 3.05) is 27.2 Å². The first-order chi connectivity index (χ1) is 15.7. The number of amides is 2. The number of rotatable bonds is 9. The Labute approximate surface area is 193 Å². The molecule has 2 amide bonds. The molecule has 0 spiro atoms.